The van der Waals surface area contributed by atoms with Crippen molar-refractivity contribution in [3.05, 3.63) is 60.8 Å². The van der Waals surface area contributed by atoms with Crippen LogP contribution in [0.15, 0.2) is 60.8 Å². The van der Waals surface area contributed by atoms with Crippen LogP contribution in [0.1, 0.15) is 168 Å². The van der Waals surface area contributed by atoms with Crippen LogP contribution in [0, 0.1) is 0 Å². The SMILES string of the molecule is CCCCCC=CCC=CCC=CCC=CCCCC(=O)OC[C@H](COP(=O)(O)OCCN)OC(=O)CCCCCCCC=CCCCCCCCC. The van der Waals surface area contributed by atoms with Crippen LogP contribution in [0.2, 0.25) is 0 Å². The summed E-state index contributed by atoms with van der Waals surface area (Å²) < 4.78 is 32.7. The van der Waals surface area contributed by atoms with Crippen LogP contribution in [0.4, 0.5) is 0 Å². The van der Waals surface area contributed by atoms with Crippen LogP contribution in [0.25, 0.3) is 0 Å². The Kier molecular flexibility index (Phi) is 37.7. The molecule has 0 radical (unpaired) electrons. The van der Waals surface area contributed by atoms with Gasteiger partial charge in [-0.3, -0.25) is 18.6 Å². The van der Waals surface area contributed by atoms with E-state index in [9.17, 15) is 19.0 Å². The lowest BCUT2D eigenvalue weighted by atomic mass is 10.1. The second-order valence-corrected chi connectivity index (χ2v) is 14.9. The fourth-order valence-electron chi connectivity index (χ4n) is 5.27. The van der Waals surface area contributed by atoms with Crippen molar-refractivity contribution in [3.63, 3.8) is 0 Å². The first kappa shape index (κ1) is 50.7. The van der Waals surface area contributed by atoms with Gasteiger partial charge in [0.25, 0.3) is 0 Å². The largest absolute Gasteiger partial charge is 0.472 e. The highest BCUT2D eigenvalue weighted by molar-refractivity contribution is 7.47. The molecule has 306 valence electrons. The highest BCUT2D eigenvalue weighted by atomic mass is 31.2. The second-order valence-electron chi connectivity index (χ2n) is 13.5. The summed E-state index contributed by atoms with van der Waals surface area (Å²) in [5.74, 6) is -0.908. The minimum atomic E-state index is -4.39. The third-order valence-corrected chi connectivity index (χ3v) is 9.36. The molecule has 0 aromatic heterocycles. The molecule has 0 aromatic rings. The van der Waals surface area contributed by atoms with Crippen LogP contribution < -0.4 is 5.73 Å². The molecule has 0 bridgehead atoms. The summed E-state index contributed by atoms with van der Waals surface area (Å²) in [6, 6.07) is 0. The van der Waals surface area contributed by atoms with Crippen LogP contribution >= 0.6 is 7.82 Å². The van der Waals surface area contributed by atoms with Gasteiger partial charge in [-0.1, -0.05) is 139 Å². The monoisotopic (exact) mass is 766 g/mol. The van der Waals surface area contributed by atoms with Gasteiger partial charge in [0.05, 0.1) is 13.2 Å². The maximum absolute atomic E-state index is 12.5. The van der Waals surface area contributed by atoms with E-state index in [2.05, 4.69) is 68.5 Å². The van der Waals surface area contributed by atoms with Gasteiger partial charge in [0.15, 0.2) is 6.10 Å². The third-order valence-electron chi connectivity index (χ3n) is 8.38. The molecule has 0 saturated carbocycles. The van der Waals surface area contributed by atoms with Gasteiger partial charge in [-0.2, -0.15) is 0 Å². The Balaban J connectivity index is 4.30. The van der Waals surface area contributed by atoms with Gasteiger partial charge >= 0.3 is 19.8 Å². The Bertz CT molecular complexity index is 1050. The lowest BCUT2D eigenvalue weighted by molar-refractivity contribution is -0.161. The topological polar surface area (TPSA) is 134 Å². The van der Waals surface area contributed by atoms with Gasteiger partial charge < -0.3 is 20.1 Å². The van der Waals surface area contributed by atoms with Crippen molar-refractivity contribution < 1.29 is 37.6 Å². The zero-order valence-electron chi connectivity index (χ0n) is 33.5. The number of allylic oxidation sites excluding steroid dienone is 10. The molecule has 1 unspecified atom stereocenters. The lowest BCUT2D eigenvalue weighted by Crippen LogP contribution is -2.29. The molecule has 0 aromatic carbocycles. The number of phosphoric ester groups is 1. The first-order valence-corrected chi connectivity index (χ1v) is 22.3. The molecule has 3 N–H and O–H groups in total. The Morgan fingerprint density at radius 2 is 1.00 bits per heavy atom. The molecular formula is C43H76NO8P. The summed E-state index contributed by atoms with van der Waals surface area (Å²) in [7, 11) is -4.39. The minimum Gasteiger partial charge on any atom is -0.462 e. The molecule has 0 heterocycles. The number of carbonyl (C=O) groups is 2. The van der Waals surface area contributed by atoms with Crippen LogP contribution in [-0.2, 0) is 32.7 Å². The summed E-state index contributed by atoms with van der Waals surface area (Å²) in [5.41, 5.74) is 5.34. The standard InChI is InChI=1S/C43H76NO8P/c1-3-5-7-9-11-13-15-17-19-20-22-23-25-27-29-31-33-35-42(45)49-39-41(40-51-53(47,48)50-38-37-44)52-43(46)36-34-32-30-28-26-24-21-18-16-14-12-10-8-6-4-2/h11,13,17-19,21-23,27,29,41H,3-10,12,14-16,20,24-26,28,30-40,44H2,1-2H3,(H,47,48)/t41-/m1/s1. The molecular weight excluding hydrogens is 689 g/mol. The quantitative estimate of drug-likeness (QED) is 0.0272. The summed E-state index contributed by atoms with van der Waals surface area (Å²) in [6.45, 7) is 3.61. The summed E-state index contributed by atoms with van der Waals surface area (Å²) >= 11 is 0. The number of phosphoric acid groups is 1. The van der Waals surface area contributed by atoms with E-state index in [-0.39, 0.29) is 32.6 Å². The lowest BCUT2D eigenvalue weighted by Gasteiger charge is -2.19. The van der Waals surface area contributed by atoms with E-state index in [0.717, 1.165) is 57.8 Å². The Hall–Kier alpha value is -2.29. The first-order chi connectivity index (χ1) is 25.8. The van der Waals surface area contributed by atoms with Gasteiger partial charge in [0.1, 0.15) is 6.61 Å². The zero-order chi connectivity index (χ0) is 38.9. The van der Waals surface area contributed by atoms with Crippen LogP contribution in [-0.4, -0.2) is 49.3 Å². The third kappa shape index (κ3) is 39.2. The molecule has 10 heteroatoms. The van der Waals surface area contributed by atoms with E-state index in [1.54, 1.807) is 0 Å². The number of carbonyl (C=O) groups excluding carboxylic acids is 2. The molecule has 0 amide bonds. The second kappa shape index (κ2) is 39.4. The molecule has 0 aliphatic rings. The number of unbranched alkanes of at least 4 members (excludes halogenated alkanes) is 15. The van der Waals surface area contributed by atoms with Crippen molar-refractivity contribution in [2.75, 3.05) is 26.4 Å². The van der Waals surface area contributed by atoms with Crippen molar-refractivity contribution in [1.29, 1.82) is 0 Å². The van der Waals surface area contributed by atoms with Crippen molar-refractivity contribution >= 4 is 19.8 Å². The van der Waals surface area contributed by atoms with Gasteiger partial charge in [-0.15, -0.1) is 0 Å². The zero-order valence-corrected chi connectivity index (χ0v) is 34.4. The Labute approximate surface area is 323 Å². The highest BCUT2D eigenvalue weighted by Crippen LogP contribution is 2.43. The van der Waals surface area contributed by atoms with E-state index < -0.39 is 32.5 Å². The van der Waals surface area contributed by atoms with Gasteiger partial charge in [0, 0.05) is 19.4 Å². The van der Waals surface area contributed by atoms with Crippen LogP contribution in [0.3, 0.4) is 0 Å². The molecule has 0 saturated heterocycles. The molecule has 0 fully saturated rings. The summed E-state index contributed by atoms with van der Waals surface area (Å²) in [5, 5.41) is 0. The summed E-state index contributed by atoms with van der Waals surface area (Å²) in [4.78, 5) is 34.8. The average molecular weight is 766 g/mol. The Morgan fingerprint density at radius 1 is 0.566 bits per heavy atom. The molecule has 0 spiro atoms. The number of ether oxygens (including phenoxy) is 2. The van der Waals surface area contributed by atoms with E-state index in [0.29, 0.717) is 12.8 Å². The molecule has 0 rings (SSSR count). The maximum atomic E-state index is 12.5. The molecule has 53 heavy (non-hydrogen) atoms. The predicted octanol–water partition coefficient (Wildman–Crippen LogP) is 11.7. The molecule has 0 aliphatic heterocycles. The fraction of sp³-hybridized carbons (Fsp3) is 0.721. The normalized spacial score (nSPS) is 14.0. The van der Waals surface area contributed by atoms with Gasteiger partial charge in [-0.25, -0.2) is 4.57 Å². The van der Waals surface area contributed by atoms with E-state index in [1.165, 1.54) is 70.6 Å². The van der Waals surface area contributed by atoms with Crippen molar-refractivity contribution in [3.8, 4) is 0 Å². The van der Waals surface area contributed by atoms with Gasteiger partial charge in [-0.05, 0) is 77.0 Å². The van der Waals surface area contributed by atoms with E-state index in [1.807, 2.05) is 6.08 Å². The van der Waals surface area contributed by atoms with Crippen molar-refractivity contribution in [2.45, 2.75) is 174 Å². The molecule has 0 aliphatic carbocycles. The van der Waals surface area contributed by atoms with Gasteiger partial charge in [0.2, 0.25) is 0 Å². The number of hydrogen-bond acceptors (Lipinski definition) is 8. The number of esters is 2. The van der Waals surface area contributed by atoms with E-state index in [4.69, 9.17) is 24.3 Å². The molecule has 9 nitrogen and oxygen atoms in total. The molecule has 2 atom stereocenters. The van der Waals surface area contributed by atoms with Crippen molar-refractivity contribution in [1.82, 2.24) is 0 Å². The number of rotatable bonds is 38. The highest BCUT2D eigenvalue weighted by Gasteiger charge is 2.25. The van der Waals surface area contributed by atoms with E-state index >= 15 is 0 Å². The van der Waals surface area contributed by atoms with Crippen molar-refractivity contribution in [2.24, 2.45) is 5.73 Å². The number of hydrogen-bond donors (Lipinski definition) is 2. The maximum Gasteiger partial charge on any atom is 0.472 e. The minimum absolute atomic E-state index is 0.0426. The fourth-order valence-corrected chi connectivity index (χ4v) is 6.03. The Morgan fingerprint density at radius 3 is 1.57 bits per heavy atom. The van der Waals surface area contributed by atoms with Crippen LogP contribution in [0.5, 0.6) is 0 Å². The smallest absolute Gasteiger partial charge is 0.462 e. The summed E-state index contributed by atoms with van der Waals surface area (Å²) in [6.07, 6.45) is 45.4. The average Bonchev–Trinajstić information content (AvgIpc) is 3.14. The predicted molar refractivity (Wildman–Crippen MR) is 219 cm³/mol. The first-order valence-electron chi connectivity index (χ1n) is 20.8. The number of nitrogens with two attached hydrogens (primary N) is 1.